The molecule has 6 heteroatoms. The van der Waals surface area contributed by atoms with Crippen molar-refractivity contribution in [3.05, 3.63) is 29.3 Å². The third-order valence-electron chi connectivity index (χ3n) is 2.34. The highest BCUT2D eigenvalue weighted by Gasteiger charge is 2.16. The van der Waals surface area contributed by atoms with Gasteiger partial charge in [-0.05, 0) is 25.3 Å². The van der Waals surface area contributed by atoms with Crippen LogP contribution >= 0.6 is 0 Å². The topological polar surface area (TPSA) is 72.6 Å². The summed E-state index contributed by atoms with van der Waals surface area (Å²) in [6, 6.07) is 1.47. The van der Waals surface area contributed by atoms with E-state index in [1.807, 2.05) is 0 Å². The van der Waals surface area contributed by atoms with Crippen LogP contribution in [0.2, 0.25) is 0 Å². The van der Waals surface area contributed by atoms with Crippen LogP contribution in [0.3, 0.4) is 0 Å². The second kappa shape index (κ2) is 6.90. The molecule has 0 saturated heterocycles. The molecule has 0 aliphatic rings. The standard InChI is InChI=1S/C12H15F2NO3/c13-9-7-10(14)11(15)6-8(9)12(17)18-5-3-1-2-4-16/h6-7,16H,1-5,15H2. The molecule has 0 fully saturated rings. The molecule has 0 amide bonds. The molecule has 0 unspecified atom stereocenters. The largest absolute Gasteiger partial charge is 0.462 e. The first kappa shape index (κ1) is 14.4. The molecule has 0 spiro atoms. The number of unbranched alkanes of at least 4 members (excludes halogenated alkanes) is 2. The summed E-state index contributed by atoms with van der Waals surface area (Å²) < 4.78 is 31.0. The maximum absolute atomic E-state index is 13.3. The van der Waals surface area contributed by atoms with E-state index < -0.39 is 17.6 Å². The lowest BCUT2D eigenvalue weighted by atomic mass is 10.2. The molecule has 1 rings (SSSR count). The fourth-order valence-corrected chi connectivity index (χ4v) is 1.36. The number of aliphatic hydroxyl groups is 1. The Morgan fingerprint density at radius 1 is 1.22 bits per heavy atom. The van der Waals surface area contributed by atoms with Crippen molar-refractivity contribution in [3.63, 3.8) is 0 Å². The number of esters is 1. The smallest absolute Gasteiger partial charge is 0.341 e. The van der Waals surface area contributed by atoms with E-state index in [0.29, 0.717) is 25.3 Å². The van der Waals surface area contributed by atoms with Crippen LogP contribution in [0.25, 0.3) is 0 Å². The number of hydrogen-bond donors (Lipinski definition) is 2. The van der Waals surface area contributed by atoms with Crippen molar-refractivity contribution in [1.29, 1.82) is 0 Å². The number of halogens is 2. The average Bonchev–Trinajstić information content (AvgIpc) is 2.33. The number of ether oxygens (including phenoxy) is 1. The van der Waals surface area contributed by atoms with E-state index in [1.165, 1.54) is 0 Å². The second-order valence-corrected chi connectivity index (χ2v) is 3.77. The Labute approximate surface area is 103 Å². The molecule has 0 aromatic heterocycles. The number of carbonyl (C=O) groups is 1. The molecule has 0 radical (unpaired) electrons. The van der Waals surface area contributed by atoms with E-state index in [-0.39, 0.29) is 24.5 Å². The van der Waals surface area contributed by atoms with Crippen molar-refractivity contribution in [1.82, 2.24) is 0 Å². The van der Waals surface area contributed by atoms with Crippen LogP contribution < -0.4 is 5.73 Å². The van der Waals surface area contributed by atoms with E-state index in [4.69, 9.17) is 15.6 Å². The molecule has 0 bridgehead atoms. The van der Waals surface area contributed by atoms with Crippen molar-refractivity contribution >= 4 is 11.7 Å². The molecule has 0 heterocycles. The lowest BCUT2D eigenvalue weighted by molar-refractivity contribution is 0.0491. The number of nitrogen functional groups attached to an aromatic ring is 1. The summed E-state index contributed by atoms with van der Waals surface area (Å²) in [7, 11) is 0. The number of anilines is 1. The number of nitrogens with two attached hydrogens (primary N) is 1. The normalized spacial score (nSPS) is 10.4. The second-order valence-electron chi connectivity index (χ2n) is 3.77. The third kappa shape index (κ3) is 3.96. The zero-order valence-corrected chi connectivity index (χ0v) is 9.79. The van der Waals surface area contributed by atoms with Crippen molar-refractivity contribution in [2.24, 2.45) is 0 Å². The molecular weight excluding hydrogens is 244 g/mol. The van der Waals surface area contributed by atoms with Crippen LogP contribution in [0.4, 0.5) is 14.5 Å². The lowest BCUT2D eigenvalue weighted by Crippen LogP contribution is -2.10. The molecule has 0 aliphatic carbocycles. The van der Waals surface area contributed by atoms with Crippen LogP contribution in [-0.2, 0) is 4.74 Å². The minimum absolute atomic E-state index is 0.0804. The van der Waals surface area contributed by atoms with Gasteiger partial charge >= 0.3 is 5.97 Å². The Kier molecular flexibility index (Phi) is 5.51. The monoisotopic (exact) mass is 259 g/mol. The van der Waals surface area contributed by atoms with E-state index in [0.717, 1.165) is 6.07 Å². The maximum atomic E-state index is 13.3. The SMILES string of the molecule is Nc1cc(C(=O)OCCCCCO)c(F)cc1F. The fraction of sp³-hybridized carbons (Fsp3) is 0.417. The highest BCUT2D eigenvalue weighted by molar-refractivity contribution is 5.90. The summed E-state index contributed by atoms with van der Waals surface area (Å²) >= 11 is 0. The molecule has 18 heavy (non-hydrogen) atoms. The summed E-state index contributed by atoms with van der Waals surface area (Å²) in [5.41, 5.74) is 4.56. The lowest BCUT2D eigenvalue weighted by Gasteiger charge is -2.06. The fourth-order valence-electron chi connectivity index (χ4n) is 1.36. The van der Waals surface area contributed by atoms with E-state index in [9.17, 15) is 13.6 Å². The Hall–Kier alpha value is -1.69. The predicted molar refractivity (Wildman–Crippen MR) is 62.0 cm³/mol. The zero-order valence-electron chi connectivity index (χ0n) is 9.79. The Balaban J connectivity index is 2.54. The van der Waals surface area contributed by atoms with Crippen LogP contribution in [0.5, 0.6) is 0 Å². The van der Waals surface area contributed by atoms with Gasteiger partial charge in [-0.1, -0.05) is 0 Å². The number of hydrogen-bond acceptors (Lipinski definition) is 4. The van der Waals surface area contributed by atoms with Gasteiger partial charge in [-0.2, -0.15) is 0 Å². The summed E-state index contributed by atoms with van der Waals surface area (Å²) in [5, 5.41) is 8.54. The molecule has 4 nitrogen and oxygen atoms in total. The predicted octanol–water partition coefficient (Wildman–Crippen LogP) is 1.87. The molecular formula is C12H15F2NO3. The minimum Gasteiger partial charge on any atom is -0.462 e. The van der Waals surface area contributed by atoms with Gasteiger partial charge in [0.05, 0.1) is 17.9 Å². The van der Waals surface area contributed by atoms with Gasteiger partial charge in [0.1, 0.15) is 11.6 Å². The highest BCUT2D eigenvalue weighted by atomic mass is 19.1. The van der Waals surface area contributed by atoms with Crippen molar-refractivity contribution in [3.8, 4) is 0 Å². The van der Waals surface area contributed by atoms with E-state index >= 15 is 0 Å². The van der Waals surface area contributed by atoms with Crippen molar-refractivity contribution < 1.29 is 23.4 Å². The van der Waals surface area contributed by atoms with Gasteiger partial charge in [0, 0.05) is 12.7 Å². The molecule has 0 atom stereocenters. The Morgan fingerprint density at radius 3 is 2.61 bits per heavy atom. The van der Waals surface area contributed by atoms with E-state index in [2.05, 4.69) is 0 Å². The molecule has 1 aromatic rings. The number of rotatable bonds is 6. The van der Waals surface area contributed by atoms with Gasteiger partial charge in [-0.3, -0.25) is 0 Å². The van der Waals surface area contributed by atoms with Crippen molar-refractivity contribution in [2.45, 2.75) is 19.3 Å². The minimum atomic E-state index is -0.998. The summed E-state index contributed by atoms with van der Waals surface area (Å²) in [5.74, 6) is -2.78. The van der Waals surface area contributed by atoms with Gasteiger partial charge < -0.3 is 15.6 Å². The molecule has 1 aromatic carbocycles. The van der Waals surface area contributed by atoms with Gasteiger partial charge in [0.2, 0.25) is 0 Å². The first-order valence-electron chi connectivity index (χ1n) is 5.58. The van der Waals surface area contributed by atoms with Crippen LogP contribution in [0.1, 0.15) is 29.6 Å². The van der Waals surface area contributed by atoms with Crippen LogP contribution in [0.15, 0.2) is 12.1 Å². The molecule has 0 aliphatic heterocycles. The average molecular weight is 259 g/mol. The van der Waals surface area contributed by atoms with Gasteiger partial charge in [-0.25, -0.2) is 13.6 Å². The Morgan fingerprint density at radius 2 is 1.94 bits per heavy atom. The zero-order chi connectivity index (χ0) is 13.5. The van der Waals surface area contributed by atoms with Gasteiger partial charge in [-0.15, -0.1) is 0 Å². The molecule has 0 saturated carbocycles. The first-order valence-corrected chi connectivity index (χ1v) is 5.58. The summed E-state index contributed by atoms with van der Waals surface area (Å²) in [6.07, 6.45) is 1.90. The Bertz CT molecular complexity index is 424. The first-order chi connectivity index (χ1) is 8.56. The maximum Gasteiger partial charge on any atom is 0.341 e. The number of benzene rings is 1. The number of aliphatic hydroxyl groups excluding tert-OH is 1. The summed E-state index contributed by atoms with van der Waals surface area (Å²) in [6.45, 7) is 0.201. The van der Waals surface area contributed by atoms with Crippen LogP contribution in [0, 0.1) is 11.6 Å². The summed E-state index contributed by atoms with van der Waals surface area (Å²) in [4.78, 5) is 11.5. The third-order valence-corrected chi connectivity index (χ3v) is 2.34. The van der Waals surface area contributed by atoms with Crippen LogP contribution in [-0.4, -0.2) is 24.3 Å². The van der Waals surface area contributed by atoms with E-state index in [1.54, 1.807) is 0 Å². The quantitative estimate of drug-likeness (QED) is 0.464. The molecule has 3 N–H and O–H groups in total. The van der Waals surface area contributed by atoms with Gasteiger partial charge in [0.15, 0.2) is 0 Å². The molecule has 100 valence electrons. The van der Waals surface area contributed by atoms with Gasteiger partial charge in [0.25, 0.3) is 0 Å². The van der Waals surface area contributed by atoms with Crippen molar-refractivity contribution in [2.75, 3.05) is 18.9 Å². The highest BCUT2D eigenvalue weighted by Crippen LogP contribution is 2.17. The number of carbonyl (C=O) groups excluding carboxylic acids is 1.